The molecule has 5 aromatic carbocycles. The van der Waals surface area contributed by atoms with Gasteiger partial charge in [-0.3, -0.25) is 0 Å². The van der Waals surface area contributed by atoms with Crippen molar-refractivity contribution >= 4 is 38.9 Å². The Labute approximate surface area is 370 Å². The number of nitrogens with zero attached hydrogens (tertiary/aromatic N) is 3. The van der Waals surface area contributed by atoms with E-state index in [1.165, 1.54) is 69.8 Å². The van der Waals surface area contributed by atoms with Gasteiger partial charge in [-0.25, -0.2) is 30.6 Å². The molecule has 326 valence electrons. The maximum atomic E-state index is 10.4. The predicted molar refractivity (Wildman–Crippen MR) is 231 cm³/mol. The van der Waals surface area contributed by atoms with Crippen molar-refractivity contribution < 1.29 is 72.0 Å². The second kappa shape index (κ2) is 25.9. The first-order chi connectivity index (χ1) is 28.8. The maximum absolute atomic E-state index is 10.4. The zero-order chi connectivity index (χ0) is 43.4. The molecule has 0 amide bonds. The van der Waals surface area contributed by atoms with E-state index < -0.39 is 20.2 Å². The molecular weight excluding hydrogens is 883 g/mol. The van der Waals surface area contributed by atoms with Gasteiger partial charge in [-0.2, -0.15) is 0 Å². The molecule has 0 saturated carbocycles. The molecule has 15 heteroatoms. The Morgan fingerprint density at radius 3 is 1.05 bits per heavy atom. The Kier molecular flexibility index (Phi) is 21.5. The number of hydrogen-bond donors (Lipinski definition) is 3. The van der Waals surface area contributed by atoms with Crippen molar-refractivity contribution in [2.75, 3.05) is 59.1 Å². The lowest BCUT2D eigenvalue weighted by atomic mass is 10.0. The Morgan fingerprint density at radius 1 is 0.459 bits per heavy atom. The average Bonchev–Trinajstić information content (AvgIpc) is 3.25. The molecule has 0 saturated heterocycles. The smallest absolute Gasteiger partial charge is 0.171 e. The van der Waals surface area contributed by atoms with Crippen LogP contribution in [-0.2, 0) is 39.5 Å². The van der Waals surface area contributed by atoms with Gasteiger partial charge < -0.3 is 41.4 Å². The van der Waals surface area contributed by atoms with E-state index in [1.807, 2.05) is 6.92 Å². The summed E-state index contributed by atoms with van der Waals surface area (Å²) in [6.45, 7) is 7.83. The number of hydrogen-bond acceptors (Lipinski definition) is 9. The minimum Gasteiger partial charge on any atom is -1.00 e. The monoisotopic (exact) mass is 935 g/mol. The molecule has 3 aliphatic heterocycles. The molecule has 5 aromatic rings. The molecule has 8 rings (SSSR count). The van der Waals surface area contributed by atoms with E-state index in [4.69, 9.17) is 15.3 Å². The van der Waals surface area contributed by atoms with Gasteiger partial charge in [0, 0.05) is 36.0 Å². The number of aliphatic hydroxyl groups is 3. The van der Waals surface area contributed by atoms with Gasteiger partial charge in [-0.15, -0.1) is 0 Å². The van der Waals surface area contributed by atoms with Crippen molar-refractivity contribution in [1.29, 1.82) is 0 Å². The highest BCUT2D eigenvalue weighted by Crippen LogP contribution is 2.13. The van der Waals surface area contributed by atoms with E-state index in [-0.39, 0.29) is 46.6 Å². The number of halogens is 1. The van der Waals surface area contributed by atoms with Gasteiger partial charge >= 0.3 is 0 Å². The zero-order valence-electron chi connectivity index (χ0n) is 34.2. The minimum atomic E-state index is -4.27. The lowest BCUT2D eigenvalue weighted by molar-refractivity contribution is -0.526. The molecule has 0 fully saturated rings. The quantitative estimate of drug-likeness (QED) is 0.147. The Bertz CT molecular complexity index is 2280. The molecule has 0 aliphatic carbocycles. The summed E-state index contributed by atoms with van der Waals surface area (Å²) in [6.07, 6.45) is 9.67. The second-order valence-electron chi connectivity index (χ2n) is 14.0. The standard InChI is InChI=1S/3C11H14NO.C7H8O3S.C6H6O3S.BrH/c3*13-8-7-12-6-5-10-3-1-2-4-11(10)9-12;1-6-2-4-7(5-3-6)11(8,9)10;7-10(8,9)6-4-2-1-3-5-6;/h3*1-4,9,13H,5-8H2;2-5H,1H3,(H,8,9,10);1-5H,(H,7,8,9);1H/q3*+1;;;/p-3. The summed E-state index contributed by atoms with van der Waals surface area (Å²) in [5, 5.41) is 26.4. The van der Waals surface area contributed by atoms with Crippen LogP contribution in [0, 0.1) is 6.92 Å². The molecule has 0 spiro atoms. The summed E-state index contributed by atoms with van der Waals surface area (Å²) < 4.78 is 68.5. The molecule has 0 aromatic heterocycles. The third-order valence-electron chi connectivity index (χ3n) is 9.64. The van der Waals surface area contributed by atoms with E-state index >= 15 is 0 Å². The maximum Gasteiger partial charge on any atom is 0.171 e. The molecule has 3 heterocycles. The first kappa shape index (κ1) is 50.6. The van der Waals surface area contributed by atoms with Crippen molar-refractivity contribution in [3.8, 4) is 0 Å². The van der Waals surface area contributed by atoms with E-state index in [2.05, 4.69) is 105 Å². The largest absolute Gasteiger partial charge is 1.00 e. The fraction of sp³-hybridized carbons (Fsp3) is 0.283. The highest BCUT2D eigenvalue weighted by molar-refractivity contribution is 7.86. The SMILES string of the molecule is Cc1ccc(S(=O)(=O)[O-])cc1.O=S(=O)([O-])c1ccccc1.OCC[N+]1=Cc2ccccc2CC1.OCC[N+]1=Cc2ccccc2CC1.OCC[N+]1=Cc2ccccc2CC1.[Br-]. The normalized spacial score (nSPS) is 13.5. The molecular formula is C46H54BrN3O9S2. The van der Waals surface area contributed by atoms with Crippen molar-refractivity contribution in [2.45, 2.75) is 36.0 Å². The number of fused-ring (bicyclic) bond motifs is 3. The number of benzene rings is 5. The molecule has 3 aliphatic rings. The van der Waals surface area contributed by atoms with Crippen LogP contribution >= 0.6 is 0 Å². The van der Waals surface area contributed by atoms with Gasteiger partial charge in [0.05, 0.1) is 9.79 Å². The molecule has 61 heavy (non-hydrogen) atoms. The number of β-amino-alcohol motifs (C(OH)–C–C–N with tert-alkyl or cyclic N) is 3. The van der Waals surface area contributed by atoms with Gasteiger partial charge in [-0.1, -0.05) is 90.5 Å². The molecule has 0 radical (unpaired) electrons. The summed E-state index contributed by atoms with van der Waals surface area (Å²) in [7, 11) is -8.52. The third kappa shape index (κ3) is 17.7. The third-order valence-corrected chi connectivity index (χ3v) is 11.3. The van der Waals surface area contributed by atoms with Crippen LogP contribution in [0.15, 0.2) is 137 Å². The predicted octanol–water partition coefficient (Wildman–Crippen LogP) is 0.493. The summed E-state index contributed by atoms with van der Waals surface area (Å²) in [5.74, 6) is 0. The fourth-order valence-corrected chi connectivity index (χ4v) is 7.41. The van der Waals surface area contributed by atoms with E-state index in [0.717, 1.165) is 64.1 Å². The summed E-state index contributed by atoms with van der Waals surface area (Å²) >= 11 is 0. The highest BCUT2D eigenvalue weighted by Gasteiger charge is 2.16. The zero-order valence-corrected chi connectivity index (χ0v) is 37.4. The molecule has 0 bridgehead atoms. The van der Waals surface area contributed by atoms with Gasteiger partial charge in [-0.05, 0) is 66.1 Å². The first-order valence-corrected chi connectivity index (χ1v) is 22.5. The van der Waals surface area contributed by atoms with Crippen molar-refractivity contribution in [2.24, 2.45) is 0 Å². The van der Waals surface area contributed by atoms with Crippen molar-refractivity contribution in [3.63, 3.8) is 0 Å². The van der Waals surface area contributed by atoms with Crippen molar-refractivity contribution in [1.82, 2.24) is 0 Å². The Hall–Kier alpha value is -4.71. The molecule has 0 atom stereocenters. The van der Waals surface area contributed by atoms with Crippen LogP contribution in [0.3, 0.4) is 0 Å². The number of rotatable bonds is 8. The number of aliphatic hydroxyl groups excluding tert-OH is 3. The van der Waals surface area contributed by atoms with E-state index in [1.54, 1.807) is 18.2 Å². The van der Waals surface area contributed by atoms with Crippen LogP contribution in [0.1, 0.15) is 38.9 Å². The first-order valence-electron chi connectivity index (χ1n) is 19.7. The summed E-state index contributed by atoms with van der Waals surface area (Å²) in [6, 6.07) is 38.2. The number of aryl methyl sites for hydroxylation is 1. The van der Waals surface area contributed by atoms with Crippen LogP contribution in [0.25, 0.3) is 0 Å². The molecule has 12 nitrogen and oxygen atoms in total. The van der Waals surface area contributed by atoms with Crippen LogP contribution in [0.5, 0.6) is 0 Å². The Balaban J connectivity index is 0.000000203. The van der Waals surface area contributed by atoms with Gasteiger partial charge in [0.1, 0.15) is 59.7 Å². The second-order valence-corrected chi connectivity index (χ2v) is 16.8. The lowest BCUT2D eigenvalue weighted by Gasteiger charge is -2.10. The van der Waals surface area contributed by atoms with E-state index in [0.29, 0.717) is 0 Å². The van der Waals surface area contributed by atoms with Gasteiger partial charge in [0.25, 0.3) is 0 Å². The fourth-order valence-electron chi connectivity index (χ4n) is 6.45. The Morgan fingerprint density at radius 2 is 0.754 bits per heavy atom. The van der Waals surface area contributed by atoms with Crippen LogP contribution < -0.4 is 17.0 Å². The topological polar surface area (TPSA) is 184 Å². The van der Waals surface area contributed by atoms with Gasteiger partial charge in [0.15, 0.2) is 38.3 Å². The minimum absolute atomic E-state index is 0. The van der Waals surface area contributed by atoms with Gasteiger partial charge in [0.2, 0.25) is 0 Å². The average molecular weight is 937 g/mol. The van der Waals surface area contributed by atoms with Crippen LogP contribution in [0.4, 0.5) is 0 Å². The van der Waals surface area contributed by atoms with E-state index in [9.17, 15) is 25.9 Å². The van der Waals surface area contributed by atoms with Crippen molar-refractivity contribution in [3.05, 3.63) is 166 Å². The van der Waals surface area contributed by atoms with Crippen LogP contribution in [0.2, 0.25) is 0 Å². The highest BCUT2D eigenvalue weighted by atomic mass is 79.9. The summed E-state index contributed by atoms with van der Waals surface area (Å²) in [5.41, 5.74) is 9.05. The van der Waals surface area contributed by atoms with Crippen LogP contribution in [-0.4, -0.2) is 133 Å². The lowest BCUT2D eigenvalue weighted by Crippen LogP contribution is -3.00. The summed E-state index contributed by atoms with van der Waals surface area (Å²) in [4.78, 5) is -0.363. The molecule has 0 unspecified atom stereocenters. The molecule has 3 N–H and O–H groups in total.